The minimum Gasteiger partial charge on any atom is -0.381 e. The lowest BCUT2D eigenvalue weighted by molar-refractivity contribution is 0.0528. The Labute approximate surface area is 115 Å². The van der Waals surface area contributed by atoms with Crippen LogP contribution in [0.15, 0.2) is 4.99 Å². The summed E-state index contributed by atoms with van der Waals surface area (Å²) in [6.45, 7) is 11.9. The van der Waals surface area contributed by atoms with Gasteiger partial charge in [0.05, 0.1) is 6.54 Å². The first-order chi connectivity index (χ1) is 8.36. The zero-order chi connectivity index (χ0) is 13.2. The highest BCUT2D eigenvalue weighted by atomic mass is 32.2. The molecule has 3 nitrogen and oxygen atoms in total. The fourth-order valence-electron chi connectivity index (χ4n) is 2.48. The second-order valence-electron chi connectivity index (χ2n) is 6.95. The summed E-state index contributed by atoms with van der Waals surface area (Å²) in [7, 11) is 0. The van der Waals surface area contributed by atoms with Crippen molar-refractivity contribution in [3.63, 3.8) is 0 Å². The molecule has 0 amide bonds. The van der Waals surface area contributed by atoms with Crippen LogP contribution in [-0.4, -0.2) is 35.7 Å². The molecule has 1 unspecified atom stereocenters. The van der Waals surface area contributed by atoms with Gasteiger partial charge in [-0.2, -0.15) is 0 Å². The van der Waals surface area contributed by atoms with Crippen LogP contribution in [0.1, 0.15) is 47.0 Å². The molecule has 1 saturated heterocycles. The Kier molecular flexibility index (Phi) is 4.27. The number of hydrogen-bond donors (Lipinski definition) is 1. The van der Waals surface area contributed by atoms with E-state index in [1.54, 1.807) is 0 Å². The molecule has 0 saturated carbocycles. The van der Waals surface area contributed by atoms with Crippen LogP contribution in [0.2, 0.25) is 0 Å². The van der Waals surface area contributed by atoms with E-state index in [2.05, 4.69) is 38.0 Å². The predicted molar refractivity (Wildman–Crippen MR) is 79.3 cm³/mol. The Hall–Kier alpha value is -0.220. The lowest BCUT2D eigenvalue weighted by atomic mass is 9.90. The minimum atomic E-state index is 0.181. The third-order valence-corrected chi connectivity index (χ3v) is 4.67. The highest BCUT2D eigenvalue weighted by molar-refractivity contribution is 8.14. The first-order valence-corrected chi connectivity index (χ1v) is 7.81. The van der Waals surface area contributed by atoms with Gasteiger partial charge in [0.1, 0.15) is 0 Å². The highest BCUT2D eigenvalue weighted by Gasteiger charge is 2.31. The summed E-state index contributed by atoms with van der Waals surface area (Å²) in [5, 5.41) is 5.44. The second kappa shape index (κ2) is 5.41. The van der Waals surface area contributed by atoms with Gasteiger partial charge in [-0.05, 0) is 31.6 Å². The Balaban J connectivity index is 1.82. The highest BCUT2D eigenvalue weighted by Crippen LogP contribution is 2.32. The summed E-state index contributed by atoms with van der Waals surface area (Å²) in [5.74, 6) is 0. The topological polar surface area (TPSA) is 33.6 Å². The van der Waals surface area contributed by atoms with Crippen LogP contribution in [0.25, 0.3) is 0 Å². The smallest absolute Gasteiger partial charge is 0.157 e. The molecule has 0 aromatic heterocycles. The number of hydrogen-bond acceptors (Lipinski definition) is 4. The lowest BCUT2D eigenvalue weighted by Gasteiger charge is -2.35. The van der Waals surface area contributed by atoms with E-state index in [0.29, 0.717) is 10.7 Å². The molecule has 104 valence electrons. The van der Waals surface area contributed by atoms with Crippen molar-refractivity contribution in [2.24, 2.45) is 10.4 Å². The van der Waals surface area contributed by atoms with Crippen LogP contribution < -0.4 is 5.32 Å². The molecule has 0 spiro atoms. The molecule has 0 bridgehead atoms. The Morgan fingerprint density at radius 2 is 2.06 bits per heavy atom. The predicted octanol–water partition coefficient (Wildman–Crippen LogP) is 3.05. The number of ether oxygens (including phenoxy) is 1. The Morgan fingerprint density at radius 3 is 2.67 bits per heavy atom. The Morgan fingerprint density at radius 1 is 1.39 bits per heavy atom. The summed E-state index contributed by atoms with van der Waals surface area (Å²) in [5.41, 5.74) is 0.575. The van der Waals surface area contributed by atoms with Gasteiger partial charge < -0.3 is 10.1 Å². The number of rotatable bonds is 2. The van der Waals surface area contributed by atoms with Gasteiger partial charge >= 0.3 is 0 Å². The van der Waals surface area contributed by atoms with Gasteiger partial charge in [0, 0.05) is 24.0 Å². The summed E-state index contributed by atoms with van der Waals surface area (Å²) in [6.07, 6.45) is 3.39. The average Bonchev–Trinajstić information content (AvgIpc) is 2.62. The van der Waals surface area contributed by atoms with Gasteiger partial charge in [-0.15, -0.1) is 0 Å². The zero-order valence-corrected chi connectivity index (χ0v) is 12.9. The maximum Gasteiger partial charge on any atom is 0.157 e. The van der Waals surface area contributed by atoms with E-state index in [1.807, 2.05) is 11.8 Å². The maximum atomic E-state index is 5.43. The van der Waals surface area contributed by atoms with Crippen LogP contribution in [0.3, 0.4) is 0 Å². The van der Waals surface area contributed by atoms with Crippen LogP contribution >= 0.6 is 11.8 Å². The number of aliphatic imine (C=N–C) groups is 1. The van der Waals surface area contributed by atoms with Crippen LogP contribution in [0.4, 0.5) is 0 Å². The van der Waals surface area contributed by atoms with E-state index in [9.17, 15) is 0 Å². The number of amidine groups is 1. The molecule has 0 aliphatic carbocycles. The van der Waals surface area contributed by atoms with Crippen molar-refractivity contribution < 1.29 is 4.74 Å². The van der Waals surface area contributed by atoms with Crippen LogP contribution in [-0.2, 0) is 4.74 Å². The van der Waals surface area contributed by atoms with Crippen molar-refractivity contribution in [3.05, 3.63) is 0 Å². The molecule has 0 aromatic carbocycles. The van der Waals surface area contributed by atoms with E-state index < -0.39 is 0 Å². The Bertz CT molecular complexity index is 316. The minimum absolute atomic E-state index is 0.181. The molecule has 2 aliphatic rings. The van der Waals surface area contributed by atoms with Gasteiger partial charge in [-0.25, -0.2) is 0 Å². The summed E-state index contributed by atoms with van der Waals surface area (Å²) in [6, 6.07) is 0. The monoisotopic (exact) mass is 270 g/mol. The second-order valence-corrected chi connectivity index (χ2v) is 8.24. The summed E-state index contributed by atoms with van der Waals surface area (Å²) in [4.78, 5) is 4.67. The molecule has 1 N–H and O–H groups in total. The zero-order valence-electron chi connectivity index (χ0n) is 12.1. The molecule has 1 fully saturated rings. The molecule has 1 atom stereocenters. The summed E-state index contributed by atoms with van der Waals surface area (Å²) >= 11 is 1.93. The van der Waals surface area contributed by atoms with Crippen molar-refractivity contribution in [2.45, 2.75) is 57.7 Å². The molecule has 18 heavy (non-hydrogen) atoms. The fourth-order valence-corrected chi connectivity index (χ4v) is 3.98. The van der Waals surface area contributed by atoms with Crippen molar-refractivity contribution >= 4 is 16.9 Å². The number of nitrogens with one attached hydrogen (secondary N) is 1. The van der Waals surface area contributed by atoms with E-state index in [0.717, 1.165) is 37.8 Å². The van der Waals surface area contributed by atoms with Crippen molar-refractivity contribution in [3.8, 4) is 0 Å². The number of thioether (sulfide) groups is 1. The van der Waals surface area contributed by atoms with Gasteiger partial charge in [0.25, 0.3) is 0 Å². The van der Waals surface area contributed by atoms with E-state index >= 15 is 0 Å². The fraction of sp³-hybridized carbons (Fsp3) is 0.929. The standard InChI is InChI=1S/C14H26N2OS/c1-13(2,3)9-11-10-15-12(18-11)16-14(4)5-7-17-8-6-14/h11H,5-10H2,1-4H3,(H,15,16). The first kappa shape index (κ1) is 14.2. The molecule has 2 rings (SSSR count). The normalized spacial score (nSPS) is 28.0. The third-order valence-electron chi connectivity index (χ3n) is 3.56. The largest absolute Gasteiger partial charge is 0.381 e. The van der Waals surface area contributed by atoms with Gasteiger partial charge in [-0.1, -0.05) is 32.5 Å². The van der Waals surface area contributed by atoms with Crippen LogP contribution in [0, 0.1) is 5.41 Å². The molecular weight excluding hydrogens is 244 g/mol. The van der Waals surface area contributed by atoms with Gasteiger partial charge in [-0.3, -0.25) is 4.99 Å². The quantitative estimate of drug-likeness (QED) is 0.837. The van der Waals surface area contributed by atoms with E-state index in [1.165, 1.54) is 6.42 Å². The number of nitrogens with zero attached hydrogens (tertiary/aromatic N) is 1. The van der Waals surface area contributed by atoms with Crippen molar-refractivity contribution in [2.75, 3.05) is 19.8 Å². The van der Waals surface area contributed by atoms with Gasteiger partial charge in [0.15, 0.2) is 5.17 Å². The molecule has 2 aliphatic heterocycles. The van der Waals surface area contributed by atoms with Gasteiger partial charge in [0.2, 0.25) is 0 Å². The lowest BCUT2D eigenvalue weighted by Crippen LogP contribution is -2.48. The molecule has 0 aromatic rings. The molecule has 0 radical (unpaired) electrons. The summed E-state index contributed by atoms with van der Waals surface area (Å²) < 4.78 is 5.43. The molecule has 2 heterocycles. The maximum absolute atomic E-state index is 5.43. The average molecular weight is 270 g/mol. The third kappa shape index (κ3) is 4.16. The first-order valence-electron chi connectivity index (χ1n) is 6.93. The molecular formula is C14H26N2OS. The molecule has 4 heteroatoms. The van der Waals surface area contributed by atoms with E-state index in [-0.39, 0.29) is 5.54 Å². The van der Waals surface area contributed by atoms with Crippen molar-refractivity contribution in [1.29, 1.82) is 0 Å². The van der Waals surface area contributed by atoms with Crippen molar-refractivity contribution in [1.82, 2.24) is 5.32 Å². The van der Waals surface area contributed by atoms with Crippen LogP contribution in [0.5, 0.6) is 0 Å². The SMILES string of the molecule is CC(C)(C)CC1CN=C(NC2(C)CCOCC2)S1. The van der Waals surface area contributed by atoms with E-state index in [4.69, 9.17) is 4.74 Å².